The first-order valence-corrected chi connectivity index (χ1v) is 7.55. The zero-order valence-electron chi connectivity index (χ0n) is 11.8. The van der Waals surface area contributed by atoms with Gasteiger partial charge in [0.15, 0.2) is 0 Å². The molecule has 1 saturated heterocycles. The number of amides is 1. The molecule has 0 atom stereocenters. The standard InChI is InChI=1S/C14H22N4O2/c15-13(19)9-12-14(10-5-7-20-8-6-10)18(17-16-12)11-3-1-2-4-11/h10-11H,1-9H2,(H2,15,19). The Kier molecular flexibility index (Phi) is 4.00. The lowest BCUT2D eigenvalue weighted by atomic mass is 9.93. The summed E-state index contributed by atoms with van der Waals surface area (Å²) in [6.07, 6.45) is 6.98. The molecule has 1 aliphatic heterocycles. The van der Waals surface area contributed by atoms with Crippen molar-refractivity contribution in [3.05, 3.63) is 11.4 Å². The van der Waals surface area contributed by atoms with Crippen LogP contribution in [0.15, 0.2) is 0 Å². The van der Waals surface area contributed by atoms with Gasteiger partial charge >= 0.3 is 0 Å². The van der Waals surface area contributed by atoms with E-state index in [0.717, 1.165) is 50.3 Å². The van der Waals surface area contributed by atoms with Gasteiger partial charge in [-0.25, -0.2) is 4.68 Å². The second kappa shape index (κ2) is 5.91. The van der Waals surface area contributed by atoms with Crippen LogP contribution in [0.5, 0.6) is 0 Å². The lowest BCUT2D eigenvalue weighted by molar-refractivity contribution is -0.117. The van der Waals surface area contributed by atoms with Gasteiger partial charge in [0.25, 0.3) is 0 Å². The zero-order chi connectivity index (χ0) is 13.9. The molecule has 3 rings (SSSR count). The molecule has 110 valence electrons. The van der Waals surface area contributed by atoms with E-state index in [1.807, 2.05) is 0 Å². The molecule has 6 heteroatoms. The van der Waals surface area contributed by atoms with Gasteiger partial charge in [-0.15, -0.1) is 5.10 Å². The van der Waals surface area contributed by atoms with Gasteiger partial charge in [-0.3, -0.25) is 4.79 Å². The third-order valence-corrected chi connectivity index (χ3v) is 4.42. The summed E-state index contributed by atoms with van der Waals surface area (Å²) < 4.78 is 7.53. The largest absolute Gasteiger partial charge is 0.381 e. The number of primary amides is 1. The lowest BCUT2D eigenvalue weighted by Gasteiger charge is -2.25. The third-order valence-electron chi connectivity index (χ3n) is 4.42. The zero-order valence-corrected chi connectivity index (χ0v) is 11.8. The SMILES string of the molecule is NC(=O)Cc1nnn(C2CCCC2)c1C1CCOCC1. The van der Waals surface area contributed by atoms with Crippen LogP contribution in [0.4, 0.5) is 0 Å². The van der Waals surface area contributed by atoms with E-state index in [9.17, 15) is 4.79 Å². The molecule has 1 saturated carbocycles. The summed E-state index contributed by atoms with van der Waals surface area (Å²) >= 11 is 0. The number of nitrogens with zero attached hydrogens (tertiary/aromatic N) is 3. The van der Waals surface area contributed by atoms with E-state index >= 15 is 0 Å². The van der Waals surface area contributed by atoms with Crippen molar-refractivity contribution in [3.8, 4) is 0 Å². The topological polar surface area (TPSA) is 83.0 Å². The summed E-state index contributed by atoms with van der Waals surface area (Å²) in [5.74, 6) is 0.0606. The fourth-order valence-electron chi connectivity index (χ4n) is 3.44. The van der Waals surface area contributed by atoms with Crippen LogP contribution in [0.3, 0.4) is 0 Å². The molecule has 1 aromatic rings. The van der Waals surface area contributed by atoms with E-state index < -0.39 is 0 Å². The Labute approximate surface area is 118 Å². The normalized spacial score (nSPS) is 21.4. The van der Waals surface area contributed by atoms with Crippen molar-refractivity contribution in [1.82, 2.24) is 15.0 Å². The van der Waals surface area contributed by atoms with E-state index in [-0.39, 0.29) is 12.3 Å². The Morgan fingerprint density at radius 3 is 2.60 bits per heavy atom. The summed E-state index contributed by atoms with van der Waals surface area (Å²) in [5.41, 5.74) is 7.26. The molecule has 2 N–H and O–H groups in total. The first-order chi connectivity index (χ1) is 9.75. The smallest absolute Gasteiger partial charge is 0.223 e. The average molecular weight is 278 g/mol. The maximum absolute atomic E-state index is 11.3. The maximum atomic E-state index is 11.3. The Morgan fingerprint density at radius 1 is 1.25 bits per heavy atom. The number of ether oxygens (including phenoxy) is 1. The summed E-state index contributed by atoms with van der Waals surface area (Å²) in [6, 6.07) is 0.446. The minimum atomic E-state index is -0.336. The van der Waals surface area contributed by atoms with E-state index in [0.29, 0.717) is 12.0 Å². The van der Waals surface area contributed by atoms with Crippen LogP contribution in [0.2, 0.25) is 0 Å². The highest BCUT2D eigenvalue weighted by Gasteiger charge is 2.29. The molecular formula is C14H22N4O2. The van der Waals surface area contributed by atoms with E-state index in [2.05, 4.69) is 15.0 Å². The monoisotopic (exact) mass is 278 g/mol. The van der Waals surface area contributed by atoms with Gasteiger partial charge < -0.3 is 10.5 Å². The van der Waals surface area contributed by atoms with Gasteiger partial charge in [0.2, 0.25) is 5.91 Å². The van der Waals surface area contributed by atoms with Gasteiger partial charge in [-0.1, -0.05) is 18.1 Å². The predicted octanol–water partition coefficient (Wildman–Crippen LogP) is 1.31. The molecule has 6 nitrogen and oxygen atoms in total. The van der Waals surface area contributed by atoms with Crippen molar-refractivity contribution in [3.63, 3.8) is 0 Å². The van der Waals surface area contributed by atoms with Crippen LogP contribution in [-0.2, 0) is 16.0 Å². The maximum Gasteiger partial charge on any atom is 0.223 e. The number of aromatic nitrogens is 3. The van der Waals surface area contributed by atoms with Gasteiger partial charge in [0.1, 0.15) is 0 Å². The van der Waals surface area contributed by atoms with Gasteiger partial charge in [-0.05, 0) is 25.7 Å². The molecule has 2 heterocycles. The van der Waals surface area contributed by atoms with Crippen LogP contribution in [0.1, 0.15) is 61.9 Å². The van der Waals surface area contributed by atoms with Gasteiger partial charge in [-0.2, -0.15) is 0 Å². The highest BCUT2D eigenvalue weighted by Crippen LogP contribution is 2.35. The lowest BCUT2D eigenvalue weighted by Crippen LogP contribution is -2.22. The first-order valence-electron chi connectivity index (χ1n) is 7.55. The summed E-state index contributed by atoms with van der Waals surface area (Å²) in [7, 11) is 0. The third kappa shape index (κ3) is 2.70. The van der Waals surface area contributed by atoms with Crippen LogP contribution in [0.25, 0.3) is 0 Å². The molecule has 1 aliphatic carbocycles. The second-order valence-electron chi connectivity index (χ2n) is 5.83. The molecular weight excluding hydrogens is 256 g/mol. The van der Waals surface area contributed by atoms with Crippen LogP contribution in [-0.4, -0.2) is 34.1 Å². The molecule has 0 unspecified atom stereocenters. The Bertz CT molecular complexity index is 474. The Balaban J connectivity index is 1.91. The van der Waals surface area contributed by atoms with E-state index in [4.69, 9.17) is 10.5 Å². The number of carbonyl (C=O) groups excluding carboxylic acids is 1. The minimum Gasteiger partial charge on any atom is -0.381 e. The van der Waals surface area contributed by atoms with Gasteiger partial charge in [0.05, 0.1) is 23.9 Å². The highest BCUT2D eigenvalue weighted by atomic mass is 16.5. The number of rotatable bonds is 4. The minimum absolute atomic E-state index is 0.194. The van der Waals surface area contributed by atoms with Crippen molar-refractivity contribution < 1.29 is 9.53 Å². The van der Waals surface area contributed by atoms with E-state index in [1.165, 1.54) is 12.8 Å². The van der Waals surface area contributed by atoms with Gasteiger partial charge in [0, 0.05) is 19.1 Å². The van der Waals surface area contributed by atoms with Crippen LogP contribution < -0.4 is 5.73 Å². The molecule has 20 heavy (non-hydrogen) atoms. The van der Waals surface area contributed by atoms with Crippen LogP contribution >= 0.6 is 0 Å². The predicted molar refractivity (Wildman–Crippen MR) is 73.2 cm³/mol. The fraction of sp³-hybridized carbons (Fsp3) is 0.786. The summed E-state index contributed by atoms with van der Waals surface area (Å²) in [4.78, 5) is 11.3. The van der Waals surface area contributed by atoms with Crippen molar-refractivity contribution >= 4 is 5.91 Å². The number of hydrogen-bond acceptors (Lipinski definition) is 4. The number of hydrogen-bond donors (Lipinski definition) is 1. The molecule has 2 fully saturated rings. The summed E-state index contributed by atoms with van der Waals surface area (Å²) in [5, 5.41) is 8.59. The molecule has 0 radical (unpaired) electrons. The highest BCUT2D eigenvalue weighted by molar-refractivity contribution is 5.76. The molecule has 1 amide bonds. The van der Waals surface area contributed by atoms with Crippen molar-refractivity contribution in [2.24, 2.45) is 5.73 Å². The number of nitrogens with two attached hydrogens (primary N) is 1. The van der Waals surface area contributed by atoms with Crippen molar-refractivity contribution in [1.29, 1.82) is 0 Å². The van der Waals surface area contributed by atoms with E-state index in [1.54, 1.807) is 0 Å². The first kappa shape index (κ1) is 13.5. The Hall–Kier alpha value is -1.43. The molecule has 2 aliphatic rings. The average Bonchev–Trinajstić information content (AvgIpc) is 3.07. The van der Waals surface area contributed by atoms with Crippen molar-refractivity contribution in [2.75, 3.05) is 13.2 Å². The molecule has 0 bridgehead atoms. The summed E-state index contributed by atoms with van der Waals surface area (Å²) in [6.45, 7) is 1.55. The van der Waals surface area contributed by atoms with Crippen molar-refractivity contribution in [2.45, 2.75) is 56.9 Å². The fourth-order valence-corrected chi connectivity index (χ4v) is 3.44. The second-order valence-corrected chi connectivity index (χ2v) is 5.83. The van der Waals surface area contributed by atoms with Crippen LogP contribution in [0, 0.1) is 0 Å². The number of carbonyl (C=O) groups is 1. The molecule has 1 aromatic heterocycles. The quantitative estimate of drug-likeness (QED) is 0.900. The molecule has 0 aromatic carbocycles. The molecule has 0 spiro atoms. The Morgan fingerprint density at radius 2 is 1.95 bits per heavy atom.